The highest BCUT2D eigenvalue weighted by Gasteiger charge is 2.14. The summed E-state index contributed by atoms with van der Waals surface area (Å²) >= 11 is 0. The quantitative estimate of drug-likeness (QED) is 0.687. The van der Waals surface area contributed by atoms with Crippen LogP contribution in [0.4, 0.5) is 0 Å². The Balaban J connectivity index is 2.58. The van der Waals surface area contributed by atoms with Crippen molar-refractivity contribution in [1.82, 2.24) is 5.32 Å². The van der Waals surface area contributed by atoms with Crippen LogP contribution in [0, 0.1) is 6.92 Å². The Hall–Kier alpha value is -0.900. The van der Waals surface area contributed by atoms with Crippen LogP contribution < -0.4 is 5.32 Å². The van der Waals surface area contributed by atoms with E-state index < -0.39 is 6.10 Å². The van der Waals surface area contributed by atoms with Crippen molar-refractivity contribution in [3.05, 3.63) is 34.9 Å². The summed E-state index contributed by atoms with van der Waals surface area (Å²) in [6.07, 6.45) is 0.274. The standard InChI is InChI=1S/C16H27NO2/c1-12-5-6-14(16(2,3)4)9-13(12)7-8-17-10-15(19)11-18/h5-6,9,15,17-19H,7-8,10-11H2,1-4H3. The number of nitrogens with one attached hydrogen (secondary N) is 1. The van der Waals surface area contributed by atoms with Gasteiger partial charge in [-0.15, -0.1) is 0 Å². The summed E-state index contributed by atoms with van der Waals surface area (Å²) in [4.78, 5) is 0. The van der Waals surface area contributed by atoms with Crippen LogP contribution in [-0.4, -0.2) is 36.0 Å². The highest BCUT2D eigenvalue weighted by molar-refractivity contribution is 5.34. The third kappa shape index (κ3) is 5.31. The number of hydrogen-bond acceptors (Lipinski definition) is 3. The van der Waals surface area contributed by atoms with Gasteiger partial charge in [-0.2, -0.15) is 0 Å². The molecule has 0 aliphatic heterocycles. The van der Waals surface area contributed by atoms with Crippen molar-refractivity contribution in [3.63, 3.8) is 0 Å². The lowest BCUT2D eigenvalue weighted by molar-refractivity contribution is 0.0947. The largest absolute Gasteiger partial charge is 0.394 e. The molecule has 0 spiro atoms. The van der Waals surface area contributed by atoms with E-state index in [1.165, 1.54) is 16.7 Å². The van der Waals surface area contributed by atoms with Crippen molar-refractivity contribution in [2.24, 2.45) is 0 Å². The molecule has 1 atom stereocenters. The van der Waals surface area contributed by atoms with Gasteiger partial charge in [0.2, 0.25) is 0 Å². The lowest BCUT2D eigenvalue weighted by atomic mass is 9.85. The van der Waals surface area contributed by atoms with Crippen molar-refractivity contribution in [2.45, 2.75) is 45.6 Å². The normalized spacial score (nSPS) is 13.6. The minimum absolute atomic E-state index is 0.170. The average Bonchev–Trinajstić information content (AvgIpc) is 2.34. The molecule has 0 saturated carbocycles. The Morgan fingerprint density at radius 1 is 1.26 bits per heavy atom. The number of aryl methyl sites for hydroxylation is 1. The molecule has 1 aromatic carbocycles. The van der Waals surface area contributed by atoms with Gasteiger partial charge in [0.15, 0.2) is 0 Å². The van der Waals surface area contributed by atoms with Gasteiger partial charge in [0, 0.05) is 6.54 Å². The molecule has 0 aliphatic rings. The van der Waals surface area contributed by atoms with Gasteiger partial charge in [-0.1, -0.05) is 39.0 Å². The number of aliphatic hydroxyl groups excluding tert-OH is 2. The lowest BCUT2D eigenvalue weighted by Crippen LogP contribution is -2.30. The third-order valence-corrected chi connectivity index (χ3v) is 3.38. The van der Waals surface area contributed by atoms with E-state index in [0.717, 1.165) is 13.0 Å². The van der Waals surface area contributed by atoms with Crippen LogP contribution in [0.5, 0.6) is 0 Å². The molecular weight excluding hydrogens is 238 g/mol. The van der Waals surface area contributed by atoms with Crippen LogP contribution in [0.15, 0.2) is 18.2 Å². The van der Waals surface area contributed by atoms with Gasteiger partial charge in [0.25, 0.3) is 0 Å². The molecule has 108 valence electrons. The van der Waals surface area contributed by atoms with Gasteiger partial charge in [-0.3, -0.25) is 0 Å². The first-order valence-corrected chi connectivity index (χ1v) is 6.94. The summed E-state index contributed by atoms with van der Waals surface area (Å²) in [7, 11) is 0. The first-order valence-electron chi connectivity index (χ1n) is 6.94. The Morgan fingerprint density at radius 3 is 2.53 bits per heavy atom. The third-order valence-electron chi connectivity index (χ3n) is 3.38. The van der Waals surface area contributed by atoms with E-state index >= 15 is 0 Å². The van der Waals surface area contributed by atoms with Crippen LogP contribution in [0.3, 0.4) is 0 Å². The van der Waals surface area contributed by atoms with Crippen LogP contribution >= 0.6 is 0 Å². The zero-order valence-corrected chi connectivity index (χ0v) is 12.5. The summed E-state index contributed by atoms with van der Waals surface area (Å²) in [5.41, 5.74) is 4.17. The number of hydrogen-bond donors (Lipinski definition) is 3. The Labute approximate surface area is 116 Å². The SMILES string of the molecule is Cc1ccc(C(C)(C)C)cc1CCNCC(O)CO. The smallest absolute Gasteiger partial charge is 0.0894 e. The van der Waals surface area contributed by atoms with Gasteiger partial charge in [-0.05, 0) is 42.0 Å². The molecule has 1 rings (SSSR count). The van der Waals surface area contributed by atoms with Gasteiger partial charge < -0.3 is 15.5 Å². The first kappa shape index (κ1) is 16.2. The van der Waals surface area contributed by atoms with Crippen LogP contribution in [0.1, 0.15) is 37.5 Å². The summed E-state index contributed by atoms with van der Waals surface area (Å²) in [5, 5.41) is 21.1. The zero-order valence-electron chi connectivity index (χ0n) is 12.5. The molecule has 3 N–H and O–H groups in total. The molecule has 3 heteroatoms. The Morgan fingerprint density at radius 2 is 1.95 bits per heavy atom. The van der Waals surface area contributed by atoms with Crippen molar-refractivity contribution < 1.29 is 10.2 Å². The fraction of sp³-hybridized carbons (Fsp3) is 0.625. The minimum Gasteiger partial charge on any atom is -0.394 e. The molecule has 0 amide bonds. The van der Waals surface area contributed by atoms with E-state index in [0.29, 0.717) is 6.54 Å². The maximum absolute atomic E-state index is 9.25. The molecule has 0 fully saturated rings. The first-order chi connectivity index (χ1) is 8.84. The van der Waals surface area contributed by atoms with Crippen molar-refractivity contribution in [2.75, 3.05) is 19.7 Å². The fourth-order valence-electron chi connectivity index (χ4n) is 1.96. The zero-order chi connectivity index (χ0) is 14.5. The number of rotatable bonds is 6. The van der Waals surface area contributed by atoms with E-state index in [1.54, 1.807) is 0 Å². The molecule has 0 aliphatic carbocycles. The van der Waals surface area contributed by atoms with E-state index in [9.17, 15) is 5.11 Å². The molecule has 0 radical (unpaired) electrons. The lowest BCUT2D eigenvalue weighted by Gasteiger charge is -2.21. The Bertz CT molecular complexity index is 396. The second-order valence-electron chi connectivity index (χ2n) is 6.18. The average molecular weight is 265 g/mol. The summed E-state index contributed by atoms with van der Waals surface area (Å²) in [6, 6.07) is 6.65. The van der Waals surface area contributed by atoms with Crippen molar-refractivity contribution in [1.29, 1.82) is 0 Å². The van der Waals surface area contributed by atoms with Crippen LogP contribution in [0.25, 0.3) is 0 Å². The van der Waals surface area contributed by atoms with Crippen LogP contribution in [-0.2, 0) is 11.8 Å². The van der Waals surface area contributed by atoms with E-state index in [2.05, 4.69) is 51.2 Å². The molecule has 1 aromatic rings. The monoisotopic (exact) mass is 265 g/mol. The van der Waals surface area contributed by atoms with Gasteiger partial charge in [0.05, 0.1) is 12.7 Å². The maximum atomic E-state index is 9.25. The Kier molecular flexibility index (Phi) is 5.98. The fourth-order valence-corrected chi connectivity index (χ4v) is 1.96. The van der Waals surface area contributed by atoms with E-state index in [1.807, 2.05) is 0 Å². The van der Waals surface area contributed by atoms with Crippen LogP contribution in [0.2, 0.25) is 0 Å². The van der Waals surface area contributed by atoms with E-state index in [4.69, 9.17) is 5.11 Å². The van der Waals surface area contributed by atoms with Crippen molar-refractivity contribution in [3.8, 4) is 0 Å². The predicted octanol–water partition coefficient (Wildman–Crippen LogP) is 1.78. The van der Waals surface area contributed by atoms with Crippen molar-refractivity contribution >= 4 is 0 Å². The topological polar surface area (TPSA) is 52.5 Å². The van der Waals surface area contributed by atoms with Gasteiger partial charge >= 0.3 is 0 Å². The molecule has 3 nitrogen and oxygen atoms in total. The predicted molar refractivity (Wildman–Crippen MR) is 79.5 cm³/mol. The molecular formula is C16H27NO2. The highest BCUT2D eigenvalue weighted by atomic mass is 16.3. The van der Waals surface area contributed by atoms with Gasteiger partial charge in [0.1, 0.15) is 0 Å². The molecule has 19 heavy (non-hydrogen) atoms. The second-order valence-corrected chi connectivity index (χ2v) is 6.18. The number of benzene rings is 1. The maximum Gasteiger partial charge on any atom is 0.0894 e. The molecule has 0 aromatic heterocycles. The second kappa shape index (κ2) is 7.04. The van der Waals surface area contributed by atoms with E-state index in [-0.39, 0.29) is 12.0 Å². The summed E-state index contributed by atoms with van der Waals surface area (Å²) in [5.74, 6) is 0. The molecule has 1 unspecified atom stereocenters. The molecule has 0 bridgehead atoms. The minimum atomic E-state index is -0.665. The molecule has 0 heterocycles. The highest BCUT2D eigenvalue weighted by Crippen LogP contribution is 2.24. The van der Waals surface area contributed by atoms with Gasteiger partial charge in [-0.25, -0.2) is 0 Å². The summed E-state index contributed by atoms with van der Waals surface area (Å²) in [6.45, 7) is 9.85. The number of aliphatic hydroxyl groups is 2. The summed E-state index contributed by atoms with van der Waals surface area (Å²) < 4.78 is 0. The molecule has 0 saturated heterocycles.